The van der Waals surface area contributed by atoms with E-state index in [1.54, 1.807) is 18.2 Å². The number of hydrogen-bond donors (Lipinski definition) is 1. The highest BCUT2D eigenvalue weighted by molar-refractivity contribution is 6.05. The molecule has 1 aliphatic rings. The lowest BCUT2D eigenvalue weighted by atomic mass is 10.0. The summed E-state index contributed by atoms with van der Waals surface area (Å²) in [7, 11) is 0. The van der Waals surface area contributed by atoms with Gasteiger partial charge in [-0.3, -0.25) is 14.6 Å². The monoisotopic (exact) mass is 240 g/mol. The fraction of sp³-hybridized carbons (Fsp3) is 0.154. The number of imide groups is 1. The molecular weight excluding hydrogens is 230 g/mol. The Morgan fingerprint density at radius 1 is 1.17 bits per heavy atom. The van der Waals surface area contributed by atoms with Crippen LogP contribution in [-0.4, -0.2) is 16.8 Å². The number of nitrogens with two attached hydrogens (primary N) is 1. The van der Waals surface area contributed by atoms with Crippen LogP contribution in [0.4, 0.5) is 5.69 Å². The highest BCUT2D eigenvalue weighted by atomic mass is 16.2. The number of benzene rings is 1. The molecule has 2 amide bonds. The maximum atomic E-state index is 11.5. The zero-order valence-electron chi connectivity index (χ0n) is 9.46. The number of hydrogen-bond acceptors (Lipinski definition) is 4. The van der Waals surface area contributed by atoms with Crippen molar-refractivity contribution in [2.45, 2.75) is 12.3 Å². The van der Waals surface area contributed by atoms with Crippen molar-refractivity contribution in [1.29, 1.82) is 0 Å². The molecule has 1 unspecified atom stereocenters. The normalized spacial score (nSPS) is 19.2. The van der Waals surface area contributed by atoms with Crippen LogP contribution >= 0.6 is 0 Å². The Morgan fingerprint density at radius 3 is 2.72 bits per heavy atom. The summed E-state index contributed by atoms with van der Waals surface area (Å²) in [4.78, 5) is 27.0. The molecule has 89 valence electrons. The topological polar surface area (TPSA) is 87.2 Å². The molecule has 5 nitrogen and oxygen atoms in total. The van der Waals surface area contributed by atoms with Crippen LogP contribution in [0.15, 0.2) is 30.3 Å². The number of fused-ring (bicyclic) bond motifs is 1. The van der Waals surface area contributed by atoms with Crippen molar-refractivity contribution in [3.8, 4) is 0 Å². The van der Waals surface area contributed by atoms with Crippen LogP contribution in [-0.2, 0) is 9.59 Å². The van der Waals surface area contributed by atoms with E-state index in [2.05, 4.69) is 10.3 Å². The number of amides is 2. The van der Waals surface area contributed by atoms with Gasteiger partial charge in [0.25, 0.3) is 5.91 Å². The van der Waals surface area contributed by atoms with Crippen molar-refractivity contribution < 1.29 is 9.59 Å². The minimum atomic E-state index is -0.528. The van der Waals surface area contributed by atoms with Gasteiger partial charge >= 0.3 is 0 Å². The van der Waals surface area contributed by atoms with E-state index in [4.69, 9.17) is 5.73 Å². The smallest absolute Gasteiger partial charge is 0.258 e. The van der Waals surface area contributed by atoms with Crippen LogP contribution in [0.25, 0.3) is 10.9 Å². The fourth-order valence-corrected chi connectivity index (χ4v) is 2.09. The molecule has 1 saturated heterocycles. The van der Waals surface area contributed by atoms with E-state index in [0.29, 0.717) is 11.4 Å². The van der Waals surface area contributed by atoms with E-state index in [9.17, 15) is 9.59 Å². The summed E-state index contributed by atoms with van der Waals surface area (Å²) >= 11 is 0. The molecule has 1 atom stereocenters. The lowest BCUT2D eigenvalue weighted by Gasteiger charge is -2.06. The molecule has 0 aliphatic carbocycles. The number of nitrogens with zero attached hydrogens (tertiary/aromatic N) is 2. The maximum Gasteiger partial charge on any atom is 0.258 e. The van der Waals surface area contributed by atoms with Gasteiger partial charge in [-0.05, 0) is 24.3 Å². The van der Waals surface area contributed by atoms with Crippen molar-refractivity contribution in [1.82, 2.24) is 10.3 Å². The second-order valence-corrected chi connectivity index (χ2v) is 4.29. The van der Waals surface area contributed by atoms with Gasteiger partial charge in [-0.25, -0.2) is 0 Å². The highest BCUT2D eigenvalue weighted by Gasteiger charge is 2.34. The third-order valence-electron chi connectivity index (χ3n) is 3.00. The Labute approximate surface area is 103 Å². The van der Waals surface area contributed by atoms with E-state index in [-0.39, 0.29) is 12.3 Å². The van der Waals surface area contributed by atoms with Gasteiger partial charge in [-0.2, -0.15) is 5.32 Å². The Kier molecular flexibility index (Phi) is 2.26. The molecule has 1 radical (unpaired) electrons. The predicted octanol–water partition coefficient (Wildman–Crippen LogP) is 0.962. The van der Waals surface area contributed by atoms with Crippen LogP contribution in [0, 0.1) is 0 Å². The van der Waals surface area contributed by atoms with E-state index in [0.717, 1.165) is 10.9 Å². The van der Waals surface area contributed by atoms with Crippen molar-refractivity contribution in [3.05, 3.63) is 36.0 Å². The standard InChI is InChI=1S/C13H10N3O2/c14-8-2-4-10-7(5-8)1-3-11(15-10)9-6-12(17)16-13(9)18/h1-5,9H,6,14H2. The van der Waals surface area contributed by atoms with Crippen molar-refractivity contribution >= 4 is 28.4 Å². The molecule has 1 aliphatic heterocycles. The van der Waals surface area contributed by atoms with Crippen LogP contribution in [0.5, 0.6) is 0 Å². The van der Waals surface area contributed by atoms with Gasteiger partial charge in [0, 0.05) is 17.5 Å². The predicted molar refractivity (Wildman–Crippen MR) is 65.7 cm³/mol. The minimum absolute atomic E-state index is 0.117. The van der Waals surface area contributed by atoms with Crippen molar-refractivity contribution in [2.24, 2.45) is 0 Å². The molecule has 2 N–H and O–H groups in total. The third kappa shape index (κ3) is 1.69. The molecule has 1 aromatic heterocycles. The van der Waals surface area contributed by atoms with Gasteiger partial charge in [-0.1, -0.05) is 6.07 Å². The molecule has 1 fully saturated rings. The number of anilines is 1. The number of carbonyl (C=O) groups is 2. The van der Waals surface area contributed by atoms with Crippen molar-refractivity contribution in [3.63, 3.8) is 0 Å². The fourth-order valence-electron chi connectivity index (χ4n) is 2.09. The van der Waals surface area contributed by atoms with Gasteiger partial charge in [0.05, 0.1) is 17.1 Å². The molecule has 18 heavy (non-hydrogen) atoms. The average Bonchev–Trinajstić information content (AvgIpc) is 2.68. The van der Waals surface area contributed by atoms with E-state index in [1.807, 2.05) is 12.1 Å². The van der Waals surface area contributed by atoms with Crippen LogP contribution in [0.3, 0.4) is 0 Å². The van der Waals surface area contributed by atoms with Gasteiger partial charge in [0.1, 0.15) is 0 Å². The molecule has 1 aromatic carbocycles. The molecule has 0 bridgehead atoms. The first-order valence-electron chi connectivity index (χ1n) is 5.58. The van der Waals surface area contributed by atoms with Crippen LogP contribution in [0.2, 0.25) is 0 Å². The largest absolute Gasteiger partial charge is 0.399 e. The van der Waals surface area contributed by atoms with Crippen LogP contribution in [0.1, 0.15) is 18.0 Å². The second-order valence-electron chi connectivity index (χ2n) is 4.29. The van der Waals surface area contributed by atoms with Gasteiger partial charge in [-0.15, -0.1) is 0 Å². The summed E-state index contributed by atoms with van der Waals surface area (Å²) in [6.45, 7) is 0. The molecular formula is C13H10N3O2. The number of carbonyl (C=O) groups excluding carboxylic acids is 2. The average molecular weight is 240 g/mol. The lowest BCUT2D eigenvalue weighted by molar-refractivity contribution is -0.125. The Hall–Kier alpha value is -2.43. The number of aromatic nitrogens is 1. The van der Waals surface area contributed by atoms with Crippen molar-refractivity contribution in [2.75, 3.05) is 5.73 Å². The first kappa shape index (κ1) is 10.7. The van der Waals surface area contributed by atoms with Gasteiger partial charge in [0.2, 0.25) is 5.91 Å². The molecule has 3 rings (SSSR count). The highest BCUT2D eigenvalue weighted by Crippen LogP contribution is 2.26. The van der Waals surface area contributed by atoms with E-state index >= 15 is 0 Å². The molecule has 0 saturated carbocycles. The number of nitrogen functional groups attached to an aromatic ring is 1. The van der Waals surface area contributed by atoms with Gasteiger partial charge < -0.3 is 5.73 Å². The summed E-state index contributed by atoms with van der Waals surface area (Å²) in [5.41, 5.74) is 7.70. The first-order valence-corrected chi connectivity index (χ1v) is 5.58. The summed E-state index contributed by atoms with van der Waals surface area (Å²) in [5, 5.41) is 4.31. The minimum Gasteiger partial charge on any atom is -0.399 e. The Bertz CT molecular complexity index is 666. The van der Waals surface area contributed by atoms with E-state index < -0.39 is 11.8 Å². The first-order chi connectivity index (χ1) is 8.63. The molecule has 2 aromatic rings. The molecule has 0 spiro atoms. The molecule has 5 heteroatoms. The zero-order valence-corrected chi connectivity index (χ0v) is 9.46. The third-order valence-corrected chi connectivity index (χ3v) is 3.00. The molecule has 2 heterocycles. The van der Waals surface area contributed by atoms with Crippen LogP contribution < -0.4 is 11.1 Å². The maximum absolute atomic E-state index is 11.5. The second kappa shape index (κ2) is 3.80. The number of rotatable bonds is 1. The Balaban J connectivity index is 2.06. The summed E-state index contributed by atoms with van der Waals surface area (Å²) in [6.07, 6.45) is 0.117. The summed E-state index contributed by atoms with van der Waals surface area (Å²) < 4.78 is 0. The summed E-state index contributed by atoms with van der Waals surface area (Å²) in [5.74, 6) is -1.30. The Morgan fingerprint density at radius 2 is 2.00 bits per heavy atom. The lowest BCUT2D eigenvalue weighted by Crippen LogP contribution is -2.14. The van der Waals surface area contributed by atoms with Gasteiger partial charge in [0.15, 0.2) is 0 Å². The number of pyridine rings is 1. The summed E-state index contributed by atoms with van der Waals surface area (Å²) in [6, 6.07) is 8.97. The van der Waals surface area contributed by atoms with E-state index in [1.165, 1.54) is 0 Å². The quantitative estimate of drug-likeness (QED) is 0.594. The zero-order chi connectivity index (χ0) is 12.7. The SMILES string of the molecule is Nc1ccc2nc(C3CC(=O)[N]C3=O)ccc2c1.